The molecule has 0 radical (unpaired) electrons. The first-order chi connectivity index (χ1) is 5.93. The van der Waals surface area contributed by atoms with Gasteiger partial charge >= 0.3 is 0 Å². The van der Waals surface area contributed by atoms with Gasteiger partial charge in [-0.2, -0.15) is 0 Å². The van der Waals surface area contributed by atoms with Crippen LogP contribution in [0.1, 0.15) is 44.9 Å². The molecule has 1 fully saturated rings. The molecule has 0 aromatic carbocycles. The maximum Gasteiger partial charge on any atom is 0.207 e. The van der Waals surface area contributed by atoms with E-state index in [0.29, 0.717) is 0 Å². The molecule has 1 N–H and O–H groups in total. The molecule has 70 valence electrons. The molecule has 0 saturated heterocycles. The summed E-state index contributed by atoms with van der Waals surface area (Å²) < 4.78 is 0. The second-order valence-electron chi connectivity index (χ2n) is 3.72. The van der Waals surface area contributed by atoms with Gasteiger partial charge < -0.3 is 5.32 Å². The minimum absolute atomic E-state index is 0.802. The van der Waals surface area contributed by atoms with Crippen LogP contribution >= 0.6 is 0 Å². The van der Waals surface area contributed by atoms with Gasteiger partial charge in [-0.3, -0.25) is 4.79 Å². The Morgan fingerprint density at radius 3 is 2.42 bits per heavy atom. The minimum Gasteiger partial charge on any atom is -0.359 e. The fraction of sp³-hybridized carbons (Fsp3) is 0.900. The van der Waals surface area contributed by atoms with Crippen LogP contribution in [0, 0.1) is 5.92 Å². The number of hydrogen-bond donors (Lipinski definition) is 1. The molecule has 1 rings (SSSR count). The van der Waals surface area contributed by atoms with Crippen molar-refractivity contribution in [2.24, 2.45) is 5.92 Å². The Morgan fingerprint density at radius 2 is 1.83 bits per heavy atom. The molecule has 0 heterocycles. The number of carbonyl (C=O) groups excluding carboxylic acids is 1. The summed E-state index contributed by atoms with van der Waals surface area (Å²) in [4.78, 5) is 10.0. The van der Waals surface area contributed by atoms with E-state index in [1.54, 1.807) is 0 Å². The van der Waals surface area contributed by atoms with E-state index in [1.807, 2.05) is 0 Å². The Balaban J connectivity index is 2.07. The van der Waals surface area contributed by atoms with Gasteiger partial charge in [0.2, 0.25) is 6.41 Å². The summed E-state index contributed by atoms with van der Waals surface area (Å²) in [5.41, 5.74) is 0. The summed E-state index contributed by atoms with van der Waals surface area (Å²) >= 11 is 0. The Kier molecular flexibility index (Phi) is 4.81. The standard InChI is InChI=1S/C10H19NO/c12-9-11-8-7-10-5-3-1-2-4-6-10/h9-10H,1-8H2,(H,11,12). The molecular formula is C10H19NO. The van der Waals surface area contributed by atoms with E-state index >= 15 is 0 Å². The summed E-state index contributed by atoms with van der Waals surface area (Å²) in [6, 6.07) is 0. The summed E-state index contributed by atoms with van der Waals surface area (Å²) in [6.45, 7) is 0.869. The minimum atomic E-state index is 0.802. The van der Waals surface area contributed by atoms with Crippen molar-refractivity contribution in [3.8, 4) is 0 Å². The quantitative estimate of drug-likeness (QED) is 0.390. The summed E-state index contributed by atoms with van der Waals surface area (Å²) in [5.74, 6) is 0.875. The predicted octanol–water partition coefficient (Wildman–Crippen LogP) is 2.09. The lowest BCUT2D eigenvalue weighted by Crippen LogP contribution is -2.15. The highest BCUT2D eigenvalue weighted by atomic mass is 16.1. The second-order valence-corrected chi connectivity index (χ2v) is 3.72. The van der Waals surface area contributed by atoms with Crippen molar-refractivity contribution in [3.05, 3.63) is 0 Å². The molecule has 1 aliphatic rings. The number of amides is 1. The molecule has 1 amide bonds. The zero-order valence-corrected chi connectivity index (χ0v) is 7.72. The van der Waals surface area contributed by atoms with Gasteiger partial charge in [0.15, 0.2) is 0 Å². The van der Waals surface area contributed by atoms with Gasteiger partial charge in [0.1, 0.15) is 0 Å². The van der Waals surface area contributed by atoms with Crippen LogP contribution in [0.5, 0.6) is 0 Å². The first kappa shape index (κ1) is 9.56. The SMILES string of the molecule is O=CNCCC1CCCCCC1. The van der Waals surface area contributed by atoms with E-state index in [0.717, 1.165) is 18.9 Å². The summed E-state index contributed by atoms with van der Waals surface area (Å²) in [7, 11) is 0. The van der Waals surface area contributed by atoms with Gasteiger partial charge in [-0.05, 0) is 12.3 Å². The molecule has 0 aliphatic heterocycles. The first-order valence-electron chi connectivity index (χ1n) is 5.10. The maximum atomic E-state index is 10.0. The van der Waals surface area contributed by atoms with E-state index in [4.69, 9.17) is 0 Å². The molecular weight excluding hydrogens is 150 g/mol. The van der Waals surface area contributed by atoms with Gasteiger partial charge in [0.25, 0.3) is 0 Å². The molecule has 0 spiro atoms. The third-order valence-corrected chi connectivity index (χ3v) is 2.76. The van der Waals surface area contributed by atoms with Crippen molar-refractivity contribution >= 4 is 6.41 Å². The lowest BCUT2D eigenvalue weighted by molar-refractivity contribution is -0.109. The Hall–Kier alpha value is -0.530. The average molecular weight is 169 g/mol. The molecule has 2 nitrogen and oxygen atoms in total. The molecule has 2 heteroatoms. The van der Waals surface area contributed by atoms with Crippen LogP contribution in [0.2, 0.25) is 0 Å². The van der Waals surface area contributed by atoms with Crippen LogP contribution in [0.25, 0.3) is 0 Å². The van der Waals surface area contributed by atoms with Crippen LogP contribution in [0.4, 0.5) is 0 Å². The van der Waals surface area contributed by atoms with E-state index in [9.17, 15) is 4.79 Å². The van der Waals surface area contributed by atoms with Gasteiger partial charge in [-0.1, -0.05) is 38.5 Å². The highest BCUT2D eigenvalue weighted by Gasteiger charge is 2.10. The van der Waals surface area contributed by atoms with Gasteiger partial charge in [0.05, 0.1) is 0 Å². The lowest BCUT2D eigenvalue weighted by Gasteiger charge is -2.12. The Morgan fingerprint density at radius 1 is 1.17 bits per heavy atom. The van der Waals surface area contributed by atoms with Crippen molar-refractivity contribution in [1.29, 1.82) is 0 Å². The van der Waals surface area contributed by atoms with Crippen LogP contribution < -0.4 is 5.32 Å². The van der Waals surface area contributed by atoms with Crippen LogP contribution in [0.3, 0.4) is 0 Å². The number of rotatable bonds is 4. The normalized spacial score (nSPS) is 20.0. The zero-order chi connectivity index (χ0) is 8.65. The summed E-state index contributed by atoms with van der Waals surface area (Å²) in [5, 5.41) is 2.74. The van der Waals surface area contributed by atoms with E-state index < -0.39 is 0 Å². The van der Waals surface area contributed by atoms with Gasteiger partial charge in [-0.15, -0.1) is 0 Å². The largest absolute Gasteiger partial charge is 0.359 e. The molecule has 0 atom stereocenters. The van der Waals surface area contributed by atoms with Crippen LogP contribution in [0.15, 0.2) is 0 Å². The number of carbonyl (C=O) groups is 1. The highest BCUT2D eigenvalue weighted by molar-refractivity contribution is 5.45. The predicted molar refractivity (Wildman–Crippen MR) is 49.9 cm³/mol. The van der Waals surface area contributed by atoms with Crippen LogP contribution in [-0.2, 0) is 4.79 Å². The fourth-order valence-corrected chi connectivity index (χ4v) is 2.00. The molecule has 1 saturated carbocycles. The van der Waals surface area contributed by atoms with Crippen molar-refractivity contribution in [2.45, 2.75) is 44.9 Å². The Bertz CT molecular complexity index is 117. The van der Waals surface area contributed by atoms with Crippen LogP contribution in [-0.4, -0.2) is 13.0 Å². The van der Waals surface area contributed by atoms with Crippen molar-refractivity contribution in [3.63, 3.8) is 0 Å². The molecule has 12 heavy (non-hydrogen) atoms. The topological polar surface area (TPSA) is 29.1 Å². The van der Waals surface area contributed by atoms with Crippen molar-refractivity contribution in [1.82, 2.24) is 5.32 Å². The lowest BCUT2D eigenvalue weighted by atomic mass is 9.97. The van der Waals surface area contributed by atoms with Gasteiger partial charge in [0, 0.05) is 6.54 Å². The van der Waals surface area contributed by atoms with E-state index in [1.165, 1.54) is 44.9 Å². The van der Waals surface area contributed by atoms with E-state index in [2.05, 4.69) is 5.32 Å². The van der Waals surface area contributed by atoms with Crippen molar-refractivity contribution in [2.75, 3.05) is 6.54 Å². The molecule has 0 bridgehead atoms. The molecule has 0 unspecified atom stereocenters. The smallest absolute Gasteiger partial charge is 0.207 e. The monoisotopic (exact) mass is 169 g/mol. The molecule has 0 aromatic heterocycles. The number of nitrogens with one attached hydrogen (secondary N) is 1. The third-order valence-electron chi connectivity index (χ3n) is 2.76. The molecule has 0 aromatic rings. The highest BCUT2D eigenvalue weighted by Crippen LogP contribution is 2.24. The van der Waals surface area contributed by atoms with Gasteiger partial charge in [-0.25, -0.2) is 0 Å². The van der Waals surface area contributed by atoms with Crippen molar-refractivity contribution < 1.29 is 4.79 Å². The summed E-state index contributed by atoms with van der Waals surface area (Å²) in [6.07, 6.45) is 10.4. The molecule has 1 aliphatic carbocycles. The number of hydrogen-bond acceptors (Lipinski definition) is 1. The average Bonchev–Trinajstić information content (AvgIpc) is 2.33. The van der Waals surface area contributed by atoms with E-state index in [-0.39, 0.29) is 0 Å². The third kappa shape index (κ3) is 3.74. The second kappa shape index (κ2) is 6.04. The Labute approximate surface area is 74.7 Å². The maximum absolute atomic E-state index is 10.0. The first-order valence-corrected chi connectivity index (χ1v) is 5.10. The fourth-order valence-electron chi connectivity index (χ4n) is 2.00. The zero-order valence-electron chi connectivity index (χ0n) is 7.72.